The van der Waals surface area contributed by atoms with Crippen LogP contribution in [-0.2, 0) is 4.79 Å². The van der Waals surface area contributed by atoms with E-state index in [0.29, 0.717) is 5.92 Å². The molecule has 2 aliphatic heterocycles. The third-order valence-corrected chi connectivity index (χ3v) is 7.02. The fourth-order valence-electron chi connectivity index (χ4n) is 5.74. The first-order chi connectivity index (χ1) is 8.65. The molecule has 1 N–H and O–H groups in total. The van der Waals surface area contributed by atoms with E-state index in [0.717, 1.165) is 6.42 Å². The van der Waals surface area contributed by atoms with Crippen LogP contribution < -0.4 is 0 Å². The van der Waals surface area contributed by atoms with E-state index in [1.165, 1.54) is 19.3 Å². The number of rotatable bonds is 0. The van der Waals surface area contributed by atoms with Gasteiger partial charge in [0.2, 0.25) is 5.91 Å². The highest BCUT2D eigenvalue weighted by Crippen LogP contribution is 2.70. The Hall–Kier alpha value is -0.570. The van der Waals surface area contributed by atoms with Crippen molar-refractivity contribution in [1.29, 1.82) is 0 Å². The molecule has 4 bridgehead atoms. The highest BCUT2D eigenvalue weighted by Gasteiger charge is 2.70. The summed E-state index contributed by atoms with van der Waals surface area (Å²) in [6.45, 7) is 10.7. The van der Waals surface area contributed by atoms with Crippen LogP contribution in [0.1, 0.15) is 60.3 Å². The lowest BCUT2D eigenvalue weighted by Gasteiger charge is -2.73. The van der Waals surface area contributed by atoms with Crippen molar-refractivity contribution in [2.24, 2.45) is 22.2 Å². The standard InChI is InChI=1S/C16H27NO2/c1-10(18)17-12-11-7-6-8-15(12,4)9-16(5,13(17)19)14(11,2)3/h11-13,19H,6-9H2,1-5H3/t11-,12+,13+,15+,16-/m0/s1. The molecule has 0 spiro atoms. The molecule has 19 heavy (non-hydrogen) atoms. The van der Waals surface area contributed by atoms with Crippen molar-refractivity contribution in [3.8, 4) is 0 Å². The number of nitrogens with zero attached hydrogens (tertiary/aromatic N) is 1. The van der Waals surface area contributed by atoms with Crippen LogP contribution in [-0.4, -0.2) is 28.2 Å². The molecule has 2 heterocycles. The van der Waals surface area contributed by atoms with E-state index in [9.17, 15) is 9.90 Å². The molecule has 3 nitrogen and oxygen atoms in total. The van der Waals surface area contributed by atoms with Gasteiger partial charge in [0, 0.05) is 18.4 Å². The Morgan fingerprint density at radius 2 is 1.89 bits per heavy atom. The summed E-state index contributed by atoms with van der Waals surface area (Å²) >= 11 is 0. The summed E-state index contributed by atoms with van der Waals surface area (Å²) in [5.74, 6) is 0.564. The zero-order valence-electron chi connectivity index (χ0n) is 12.9. The average Bonchev–Trinajstić information content (AvgIpc) is 2.27. The Morgan fingerprint density at radius 1 is 1.26 bits per heavy atom. The number of aliphatic hydroxyl groups is 1. The van der Waals surface area contributed by atoms with Gasteiger partial charge in [0.05, 0.1) is 0 Å². The van der Waals surface area contributed by atoms with Crippen molar-refractivity contribution in [1.82, 2.24) is 4.90 Å². The largest absolute Gasteiger partial charge is 0.373 e. The summed E-state index contributed by atoms with van der Waals surface area (Å²) in [4.78, 5) is 13.9. The molecule has 2 saturated heterocycles. The molecule has 2 saturated carbocycles. The quantitative estimate of drug-likeness (QED) is 0.731. The molecule has 4 rings (SSSR count). The number of carbonyl (C=O) groups excluding carboxylic acids is 1. The molecule has 0 unspecified atom stereocenters. The van der Waals surface area contributed by atoms with Crippen molar-refractivity contribution < 1.29 is 9.90 Å². The number of carbonyl (C=O) groups is 1. The molecule has 4 aliphatic rings. The van der Waals surface area contributed by atoms with E-state index in [2.05, 4.69) is 27.7 Å². The molecule has 0 aromatic carbocycles. The topological polar surface area (TPSA) is 40.5 Å². The summed E-state index contributed by atoms with van der Waals surface area (Å²) in [6.07, 6.45) is 4.07. The highest BCUT2D eigenvalue weighted by atomic mass is 16.3. The van der Waals surface area contributed by atoms with Crippen LogP contribution in [0.3, 0.4) is 0 Å². The predicted octanol–water partition coefficient (Wildman–Crippen LogP) is 2.78. The Labute approximate surface area is 116 Å². The third-order valence-electron chi connectivity index (χ3n) is 7.02. The molecular formula is C16H27NO2. The maximum absolute atomic E-state index is 12.1. The van der Waals surface area contributed by atoms with E-state index in [4.69, 9.17) is 0 Å². The highest BCUT2D eigenvalue weighted by molar-refractivity contribution is 5.74. The zero-order chi connectivity index (χ0) is 14.2. The van der Waals surface area contributed by atoms with Gasteiger partial charge in [-0.15, -0.1) is 0 Å². The predicted molar refractivity (Wildman–Crippen MR) is 74.3 cm³/mol. The fourth-order valence-corrected chi connectivity index (χ4v) is 5.74. The van der Waals surface area contributed by atoms with E-state index in [1.807, 2.05) is 4.90 Å². The van der Waals surface area contributed by atoms with Gasteiger partial charge in [0.15, 0.2) is 0 Å². The molecule has 2 aliphatic carbocycles. The Bertz CT molecular complexity index is 432. The van der Waals surface area contributed by atoms with E-state index in [-0.39, 0.29) is 28.2 Å². The maximum atomic E-state index is 12.1. The van der Waals surface area contributed by atoms with Gasteiger partial charge in [-0.3, -0.25) is 4.79 Å². The van der Waals surface area contributed by atoms with Gasteiger partial charge in [0.1, 0.15) is 6.23 Å². The second-order valence-corrected chi connectivity index (χ2v) is 8.21. The SMILES string of the molecule is CC(=O)N1[C@@H]2[C@@H]3CCC[C@]2(C)C[C@@](C)([C@H]1O)C3(C)C. The first-order valence-electron chi connectivity index (χ1n) is 7.62. The van der Waals surface area contributed by atoms with Crippen LogP contribution in [0.5, 0.6) is 0 Å². The van der Waals surface area contributed by atoms with Gasteiger partial charge in [-0.25, -0.2) is 0 Å². The second-order valence-electron chi connectivity index (χ2n) is 8.21. The number of hydrogen-bond donors (Lipinski definition) is 1. The molecule has 108 valence electrons. The van der Waals surface area contributed by atoms with Crippen LogP contribution in [0.25, 0.3) is 0 Å². The zero-order valence-corrected chi connectivity index (χ0v) is 12.9. The van der Waals surface area contributed by atoms with Crippen molar-refractivity contribution in [3.63, 3.8) is 0 Å². The maximum Gasteiger partial charge on any atom is 0.221 e. The third kappa shape index (κ3) is 1.35. The molecule has 0 aromatic rings. The fraction of sp³-hybridized carbons (Fsp3) is 0.938. The van der Waals surface area contributed by atoms with Crippen LogP contribution in [0.15, 0.2) is 0 Å². The first-order valence-corrected chi connectivity index (χ1v) is 7.62. The van der Waals surface area contributed by atoms with Gasteiger partial charge in [0.25, 0.3) is 0 Å². The van der Waals surface area contributed by atoms with E-state index in [1.54, 1.807) is 6.92 Å². The van der Waals surface area contributed by atoms with Gasteiger partial charge in [-0.1, -0.05) is 34.1 Å². The lowest BCUT2D eigenvalue weighted by atomic mass is 9.39. The summed E-state index contributed by atoms with van der Waals surface area (Å²) < 4.78 is 0. The van der Waals surface area contributed by atoms with Crippen molar-refractivity contribution in [2.45, 2.75) is 72.6 Å². The Balaban J connectivity index is 2.18. The summed E-state index contributed by atoms with van der Waals surface area (Å²) in [7, 11) is 0. The van der Waals surface area contributed by atoms with Crippen LogP contribution in [0, 0.1) is 22.2 Å². The molecule has 0 aromatic heterocycles. The Kier molecular flexibility index (Phi) is 2.50. The lowest BCUT2D eigenvalue weighted by Crippen LogP contribution is -2.77. The number of piperidine rings is 2. The molecule has 5 atom stereocenters. The van der Waals surface area contributed by atoms with E-state index >= 15 is 0 Å². The van der Waals surface area contributed by atoms with Crippen molar-refractivity contribution in [2.75, 3.05) is 0 Å². The minimum Gasteiger partial charge on any atom is -0.373 e. The minimum atomic E-state index is -0.618. The van der Waals surface area contributed by atoms with Gasteiger partial charge >= 0.3 is 0 Å². The monoisotopic (exact) mass is 265 g/mol. The normalized spacial score (nSPS) is 51.3. The first kappa shape index (κ1) is 13.4. The Morgan fingerprint density at radius 3 is 2.47 bits per heavy atom. The summed E-state index contributed by atoms with van der Waals surface area (Å²) in [5, 5.41) is 10.8. The van der Waals surface area contributed by atoms with E-state index < -0.39 is 6.23 Å². The molecule has 0 radical (unpaired) electrons. The van der Waals surface area contributed by atoms with Crippen molar-refractivity contribution in [3.05, 3.63) is 0 Å². The number of amides is 1. The van der Waals surface area contributed by atoms with Gasteiger partial charge < -0.3 is 10.0 Å². The molecule has 4 fully saturated rings. The summed E-state index contributed by atoms with van der Waals surface area (Å²) in [5.41, 5.74) is 0.105. The van der Waals surface area contributed by atoms with Crippen LogP contribution >= 0.6 is 0 Å². The summed E-state index contributed by atoms with van der Waals surface area (Å²) in [6, 6.07) is 0.227. The van der Waals surface area contributed by atoms with Gasteiger partial charge in [-0.05, 0) is 36.0 Å². The van der Waals surface area contributed by atoms with Crippen molar-refractivity contribution >= 4 is 5.91 Å². The second kappa shape index (κ2) is 3.55. The lowest BCUT2D eigenvalue weighted by molar-refractivity contribution is -0.298. The number of hydrogen-bond acceptors (Lipinski definition) is 2. The van der Waals surface area contributed by atoms with Crippen LogP contribution in [0.2, 0.25) is 0 Å². The molecule has 3 heteroatoms. The van der Waals surface area contributed by atoms with Gasteiger partial charge in [-0.2, -0.15) is 0 Å². The minimum absolute atomic E-state index is 0.0389. The van der Waals surface area contributed by atoms with Crippen LogP contribution in [0.4, 0.5) is 0 Å². The average molecular weight is 265 g/mol. The number of fused-ring (bicyclic) bond motifs is 1. The molecule has 1 amide bonds. The smallest absolute Gasteiger partial charge is 0.221 e. The number of aliphatic hydroxyl groups excluding tert-OH is 1. The molecular weight excluding hydrogens is 238 g/mol.